The molecule has 0 saturated heterocycles. The summed E-state index contributed by atoms with van der Waals surface area (Å²) in [4.78, 5) is 6.83. The Balaban J connectivity index is 0.00000168. The lowest BCUT2D eigenvalue weighted by atomic mass is 9.90. The Kier molecular flexibility index (Phi) is 4.19. The minimum absolute atomic E-state index is 0. The van der Waals surface area contributed by atoms with Crippen LogP contribution in [0.1, 0.15) is 16.7 Å². The van der Waals surface area contributed by atoms with Crippen molar-refractivity contribution in [3.63, 3.8) is 0 Å². The SMILES string of the molecule is C1=[NH+]c2ccccc2C1=C(c1ccccc1)c1c[nH]c2ccccc12.[Cl-]. The maximum Gasteiger partial charge on any atom is 0.211 e. The Morgan fingerprint density at radius 3 is 2.38 bits per heavy atom. The number of aromatic amines is 1. The Morgan fingerprint density at radius 2 is 1.50 bits per heavy atom. The first kappa shape index (κ1) is 16.4. The van der Waals surface area contributed by atoms with Crippen molar-refractivity contribution in [2.75, 3.05) is 0 Å². The van der Waals surface area contributed by atoms with Gasteiger partial charge in [0.15, 0.2) is 6.21 Å². The van der Waals surface area contributed by atoms with Crippen molar-refractivity contribution in [3.05, 3.63) is 102 Å². The average Bonchev–Trinajstić information content (AvgIpc) is 3.29. The van der Waals surface area contributed by atoms with Gasteiger partial charge in [0.1, 0.15) is 0 Å². The van der Waals surface area contributed by atoms with Crippen LogP contribution in [0.3, 0.4) is 0 Å². The number of nitrogens with one attached hydrogen (secondary N) is 2. The van der Waals surface area contributed by atoms with E-state index >= 15 is 0 Å². The van der Waals surface area contributed by atoms with E-state index in [1.165, 1.54) is 33.2 Å². The van der Waals surface area contributed by atoms with Crippen LogP contribution in [0.2, 0.25) is 0 Å². The number of fused-ring (bicyclic) bond motifs is 2. The number of halogens is 1. The number of hydrogen-bond acceptors (Lipinski definition) is 0. The number of rotatable bonds is 2. The number of allylic oxidation sites excluding steroid dienone is 1. The van der Waals surface area contributed by atoms with Crippen molar-refractivity contribution >= 4 is 34.0 Å². The van der Waals surface area contributed by atoms with Crippen LogP contribution in [0, 0.1) is 0 Å². The zero-order valence-electron chi connectivity index (χ0n) is 14.0. The highest BCUT2D eigenvalue weighted by Crippen LogP contribution is 2.37. The molecule has 3 heteroatoms. The summed E-state index contributed by atoms with van der Waals surface area (Å²) >= 11 is 0. The number of para-hydroxylation sites is 2. The van der Waals surface area contributed by atoms with Crippen molar-refractivity contribution in [3.8, 4) is 0 Å². The molecule has 1 aliphatic heterocycles. The van der Waals surface area contributed by atoms with E-state index in [0.717, 1.165) is 11.2 Å². The van der Waals surface area contributed by atoms with Gasteiger partial charge in [0.05, 0.1) is 11.1 Å². The average molecular weight is 357 g/mol. The summed E-state index contributed by atoms with van der Waals surface area (Å²) in [6, 6.07) is 27.5. The van der Waals surface area contributed by atoms with Crippen molar-refractivity contribution in [1.82, 2.24) is 4.98 Å². The second-order valence-corrected chi connectivity index (χ2v) is 6.24. The molecule has 26 heavy (non-hydrogen) atoms. The molecular formula is C23H17ClN2. The monoisotopic (exact) mass is 356 g/mol. The first-order valence-electron chi connectivity index (χ1n) is 8.47. The molecule has 0 fully saturated rings. The Bertz CT molecular complexity index is 1140. The van der Waals surface area contributed by atoms with Gasteiger partial charge < -0.3 is 17.4 Å². The first-order chi connectivity index (χ1) is 12.4. The molecule has 5 rings (SSSR count). The zero-order valence-corrected chi connectivity index (χ0v) is 14.8. The van der Waals surface area contributed by atoms with Crippen LogP contribution in [0.15, 0.2) is 85.1 Å². The Morgan fingerprint density at radius 1 is 0.769 bits per heavy atom. The first-order valence-corrected chi connectivity index (χ1v) is 8.47. The van der Waals surface area contributed by atoms with Crippen molar-refractivity contribution in [2.45, 2.75) is 0 Å². The number of hydrogen-bond donors (Lipinski definition) is 2. The third kappa shape index (κ3) is 2.56. The lowest BCUT2D eigenvalue weighted by Crippen LogP contribution is -3.00. The van der Waals surface area contributed by atoms with E-state index in [-0.39, 0.29) is 12.4 Å². The normalized spacial score (nSPS) is 14.2. The summed E-state index contributed by atoms with van der Waals surface area (Å²) in [5, 5.41) is 1.24. The summed E-state index contributed by atoms with van der Waals surface area (Å²) in [5.74, 6) is 0. The molecule has 0 spiro atoms. The van der Waals surface area contributed by atoms with Gasteiger partial charge in [-0.25, -0.2) is 4.99 Å². The molecule has 1 aliphatic rings. The van der Waals surface area contributed by atoms with Crippen LogP contribution in [-0.2, 0) is 0 Å². The van der Waals surface area contributed by atoms with E-state index < -0.39 is 0 Å². The fourth-order valence-corrected chi connectivity index (χ4v) is 3.62. The standard InChI is InChI=1S/C23H16N2.ClH/c1-2-8-16(9-3-1)23(19-14-24-21-12-6-4-10-17(19)21)20-15-25-22-13-7-5-11-18(20)22;/h1-15,24H;1H. The van der Waals surface area contributed by atoms with Gasteiger partial charge in [-0.3, -0.25) is 0 Å². The van der Waals surface area contributed by atoms with E-state index in [0.29, 0.717) is 0 Å². The van der Waals surface area contributed by atoms with E-state index in [1.54, 1.807) is 0 Å². The van der Waals surface area contributed by atoms with Gasteiger partial charge >= 0.3 is 0 Å². The predicted octanol–water partition coefficient (Wildman–Crippen LogP) is 0.927. The van der Waals surface area contributed by atoms with Gasteiger partial charge in [0.2, 0.25) is 5.69 Å². The quantitative estimate of drug-likeness (QED) is 0.535. The second-order valence-electron chi connectivity index (χ2n) is 6.24. The maximum atomic E-state index is 3.42. The molecule has 126 valence electrons. The summed E-state index contributed by atoms with van der Waals surface area (Å²) in [6.07, 6.45) is 4.24. The van der Waals surface area contributed by atoms with Crippen LogP contribution in [0.5, 0.6) is 0 Å². The molecule has 0 aliphatic carbocycles. The Labute approximate surface area is 158 Å². The molecule has 3 aromatic carbocycles. The largest absolute Gasteiger partial charge is 1.00 e. The van der Waals surface area contributed by atoms with Gasteiger partial charge in [0.25, 0.3) is 0 Å². The van der Waals surface area contributed by atoms with Crippen molar-refractivity contribution in [1.29, 1.82) is 0 Å². The highest BCUT2D eigenvalue weighted by molar-refractivity contribution is 6.24. The fraction of sp³-hybridized carbons (Fsp3) is 0. The van der Waals surface area contributed by atoms with Crippen LogP contribution >= 0.6 is 0 Å². The van der Waals surface area contributed by atoms with E-state index in [2.05, 4.69) is 101 Å². The van der Waals surface area contributed by atoms with Crippen LogP contribution in [-0.4, -0.2) is 11.2 Å². The molecule has 1 aromatic heterocycles. The maximum absolute atomic E-state index is 3.42. The minimum atomic E-state index is 0. The predicted molar refractivity (Wildman–Crippen MR) is 104 cm³/mol. The molecule has 0 amide bonds. The molecule has 0 bridgehead atoms. The van der Waals surface area contributed by atoms with E-state index in [9.17, 15) is 0 Å². The molecule has 0 unspecified atom stereocenters. The molecule has 0 atom stereocenters. The van der Waals surface area contributed by atoms with Crippen molar-refractivity contribution in [2.24, 2.45) is 0 Å². The van der Waals surface area contributed by atoms with Crippen LogP contribution < -0.4 is 17.4 Å². The molecule has 2 N–H and O–H groups in total. The smallest absolute Gasteiger partial charge is 0.211 e. The molecule has 0 saturated carbocycles. The van der Waals surface area contributed by atoms with Crippen LogP contribution in [0.25, 0.3) is 22.0 Å². The molecule has 2 nitrogen and oxygen atoms in total. The van der Waals surface area contributed by atoms with E-state index in [4.69, 9.17) is 0 Å². The van der Waals surface area contributed by atoms with Crippen molar-refractivity contribution < 1.29 is 17.4 Å². The number of aromatic nitrogens is 1. The lowest BCUT2D eigenvalue weighted by molar-refractivity contribution is -0.342. The number of H-pyrrole nitrogens is 1. The van der Waals surface area contributed by atoms with Crippen LogP contribution in [0.4, 0.5) is 5.69 Å². The van der Waals surface area contributed by atoms with Gasteiger partial charge in [0, 0.05) is 34.3 Å². The topological polar surface area (TPSA) is 29.8 Å². The summed E-state index contributed by atoms with van der Waals surface area (Å²) in [7, 11) is 0. The molecule has 2 heterocycles. The number of benzene rings is 3. The summed E-state index contributed by atoms with van der Waals surface area (Å²) < 4.78 is 0. The van der Waals surface area contributed by atoms with Gasteiger partial charge in [-0.2, -0.15) is 0 Å². The second kappa shape index (κ2) is 6.66. The van der Waals surface area contributed by atoms with Gasteiger partial charge in [-0.15, -0.1) is 0 Å². The third-order valence-corrected chi connectivity index (χ3v) is 4.78. The van der Waals surface area contributed by atoms with Gasteiger partial charge in [-0.1, -0.05) is 60.7 Å². The highest BCUT2D eigenvalue weighted by Gasteiger charge is 2.24. The lowest BCUT2D eigenvalue weighted by Gasteiger charge is -2.10. The third-order valence-electron chi connectivity index (χ3n) is 4.78. The fourth-order valence-electron chi connectivity index (χ4n) is 3.62. The highest BCUT2D eigenvalue weighted by atomic mass is 35.5. The minimum Gasteiger partial charge on any atom is -1.00 e. The molecule has 4 aromatic rings. The van der Waals surface area contributed by atoms with Gasteiger partial charge in [-0.05, 0) is 17.7 Å². The Hall–Kier alpha value is -3.10. The van der Waals surface area contributed by atoms with E-state index in [1.807, 2.05) is 0 Å². The summed E-state index contributed by atoms with van der Waals surface area (Å²) in [6.45, 7) is 0. The molecular weight excluding hydrogens is 340 g/mol. The summed E-state index contributed by atoms with van der Waals surface area (Å²) in [5.41, 5.74) is 8.48. The zero-order chi connectivity index (χ0) is 16.6. The molecule has 0 radical (unpaired) electrons.